The quantitative estimate of drug-likeness (QED) is 0.559. The third kappa shape index (κ3) is 304. The molecule has 0 atom stereocenters. The second-order valence-electron chi connectivity index (χ2n) is 7.49. The maximum absolute atomic E-state index is 8.66. The molecule has 0 fully saturated rings. The maximum atomic E-state index is 8.66. The van der Waals surface area contributed by atoms with Crippen molar-refractivity contribution in [3.8, 4) is 0 Å². The van der Waals surface area contributed by atoms with Gasteiger partial charge in [-0.2, -0.15) is 0 Å². The van der Waals surface area contributed by atoms with Gasteiger partial charge in [-0.15, -0.1) is 0 Å². The zero-order valence-corrected chi connectivity index (χ0v) is 19.4. The van der Waals surface area contributed by atoms with Crippen LogP contribution in [0.2, 0.25) is 39.3 Å². The molecule has 0 radical (unpaired) electrons. The van der Waals surface area contributed by atoms with Gasteiger partial charge in [0.2, 0.25) is 0 Å². The zero-order chi connectivity index (χ0) is 17.6. The third-order valence-corrected chi connectivity index (χ3v) is 0.730. The Hall–Kier alpha value is 0.988. The Labute approximate surface area is 150 Å². The van der Waals surface area contributed by atoms with E-state index in [4.69, 9.17) is 19.8 Å². The standard InChI is InChI=1S/2C4H10O.2C3H10OSi.Ti/c2*1-4(2)3-5;2*1-5(2,3)4;/h2*4-5H,3H2,1-2H3;2*4H,1-3H3;. The zero-order valence-electron chi connectivity index (χ0n) is 15.9. The van der Waals surface area contributed by atoms with E-state index < -0.39 is 16.6 Å². The molecule has 0 aliphatic rings. The van der Waals surface area contributed by atoms with Gasteiger partial charge in [-0.1, -0.05) is 27.7 Å². The van der Waals surface area contributed by atoms with Crippen molar-refractivity contribution >= 4 is 16.6 Å². The van der Waals surface area contributed by atoms with Crippen LogP contribution in [-0.2, 0) is 21.7 Å². The molecule has 0 rings (SSSR count). The van der Waals surface area contributed by atoms with Crippen molar-refractivity contribution in [2.24, 2.45) is 11.8 Å². The molecular formula is C14H40O4Si2Ti. The molecule has 0 amide bonds. The Kier molecular flexibility index (Phi) is 30.4. The average Bonchev–Trinajstić information content (AvgIpc) is 2.13. The van der Waals surface area contributed by atoms with Gasteiger partial charge in [-0.25, -0.2) is 0 Å². The third-order valence-electron chi connectivity index (χ3n) is 0.730. The first kappa shape index (κ1) is 33.6. The van der Waals surface area contributed by atoms with Gasteiger partial charge in [0, 0.05) is 34.9 Å². The monoisotopic (exact) mass is 376 g/mol. The van der Waals surface area contributed by atoms with Crippen LogP contribution in [0.1, 0.15) is 27.7 Å². The van der Waals surface area contributed by atoms with Crippen molar-refractivity contribution in [1.29, 1.82) is 0 Å². The largest absolute Gasteiger partial charge is 0.433 e. The summed E-state index contributed by atoms with van der Waals surface area (Å²) >= 11 is 0. The van der Waals surface area contributed by atoms with E-state index in [2.05, 4.69) is 0 Å². The summed E-state index contributed by atoms with van der Waals surface area (Å²) in [5, 5.41) is 16.3. The molecule has 0 aromatic carbocycles. The van der Waals surface area contributed by atoms with Crippen LogP contribution in [0.15, 0.2) is 0 Å². The molecule has 4 nitrogen and oxygen atoms in total. The first-order chi connectivity index (χ1) is 8.54. The number of rotatable bonds is 2. The first-order valence-electron chi connectivity index (χ1n) is 7.21. The van der Waals surface area contributed by atoms with Crippen LogP contribution in [0, 0.1) is 11.8 Å². The van der Waals surface area contributed by atoms with Crippen molar-refractivity contribution in [2.45, 2.75) is 67.0 Å². The van der Waals surface area contributed by atoms with E-state index in [0.29, 0.717) is 25.0 Å². The summed E-state index contributed by atoms with van der Waals surface area (Å²) in [5.41, 5.74) is 0. The van der Waals surface area contributed by atoms with Gasteiger partial charge in [-0.05, 0) is 51.1 Å². The van der Waals surface area contributed by atoms with Crippen molar-refractivity contribution in [3.05, 3.63) is 0 Å². The summed E-state index contributed by atoms with van der Waals surface area (Å²) in [7, 11) is -3.22. The van der Waals surface area contributed by atoms with Gasteiger partial charge >= 0.3 is 0 Å². The molecule has 0 saturated carbocycles. The van der Waals surface area contributed by atoms with Gasteiger partial charge in [0.05, 0.1) is 0 Å². The Morgan fingerprint density at radius 2 is 0.667 bits per heavy atom. The van der Waals surface area contributed by atoms with Gasteiger partial charge in [0.1, 0.15) is 0 Å². The van der Waals surface area contributed by atoms with Crippen LogP contribution >= 0.6 is 0 Å². The summed E-state index contributed by atoms with van der Waals surface area (Å²) in [6.45, 7) is 19.8. The molecule has 0 spiro atoms. The fourth-order valence-electron chi connectivity index (χ4n) is 0. The predicted molar refractivity (Wildman–Crippen MR) is 95.0 cm³/mol. The van der Waals surface area contributed by atoms with Crippen LogP contribution in [0.4, 0.5) is 0 Å². The number of hydrogen-bond acceptors (Lipinski definition) is 4. The van der Waals surface area contributed by atoms with Crippen molar-refractivity contribution in [1.82, 2.24) is 0 Å². The van der Waals surface area contributed by atoms with E-state index in [1.54, 1.807) is 0 Å². The number of aliphatic hydroxyl groups excluding tert-OH is 2. The fraction of sp³-hybridized carbons (Fsp3) is 1.00. The smallest absolute Gasteiger partial charge is 0.179 e. The Morgan fingerprint density at radius 3 is 0.667 bits per heavy atom. The second-order valence-corrected chi connectivity index (χ2v) is 16.2. The van der Waals surface area contributed by atoms with Gasteiger partial charge in [0.15, 0.2) is 16.6 Å². The van der Waals surface area contributed by atoms with Crippen LogP contribution < -0.4 is 0 Å². The minimum atomic E-state index is -1.61. The van der Waals surface area contributed by atoms with Crippen molar-refractivity contribution in [2.75, 3.05) is 13.2 Å². The molecule has 0 aliphatic heterocycles. The second kappa shape index (κ2) is 19.0. The molecule has 0 heterocycles. The van der Waals surface area contributed by atoms with Gasteiger partial charge < -0.3 is 19.8 Å². The van der Waals surface area contributed by atoms with E-state index in [0.717, 1.165) is 0 Å². The summed E-state index contributed by atoms with van der Waals surface area (Å²) in [6.07, 6.45) is 0. The molecule has 0 aliphatic carbocycles. The molecular weight excluding hydrogens is 336 g/mol. The molecule has 0 aromatic heterocycles. The van der Waals surface area contributed by atoms with Gasteiger partial charge in [0.25, 0.3) is 0 Å². The summed E-state index contributed by atoms with van der Waals surface area (Å²) in [6, 6.07) is 0. The minimum Gasteiger partial charge on any atom is -0.433 e. The predicted octanol–water partition coefficient (Wildman–Crippen LogP) is 2.89. The van der Waals surface area contributed by atoms with E-state index in [9.17, 15) is 0 Å². The number of aliphatic hydroxyl groups is 2. The topological polar surface area (TPSA) is 80.9 Å². The average molecular weight is 377 g/mol. The van der Waals surface area contributed by atoms with E-state index >= 15 is 0 Å². The first-order valence-corrected chi connectivity index (χ1v) is 14.1. The molecule has 0 unspecified atom stereocenters. The van der Waals surface area contributed by atoms with Crippen LogP contribution in [0.5, 0.6) is 0 Å². The Bertz CT molecular complexity index is 147. The van der Waals surface area contributed by atoms with E-state index in [1.807, 2.05) is 67.0 Å². The normalized spacial score (nSPS) is 10.3. The molecule has 7 heteroatoms. The molecule has 0 saturated heterocycles. The van der Waals surface area contributed by atoms with Crippen LogP contribution in [0.25, 0.3) is 0 Å². The van der Waals surface area contributed by atoms with Gasteiger partial charge in [-0.3, -0.25) is 0 Å². The van der Waals surface area contributed by atoms with Crippen LogP contribution in [0.3, 0.4) is 0 Å². The molecule has 21 heavy (non-hydrogen) atoms. The van der Waals surface area contributed by atoms with E-state index in [-0.39, 0.29) is 21.7 Å². The minimum absolute atomic E-state index is 0. The van der Waals surface area contributed by atoms with E-state index in [1.165, 1.54) is 0 Å². The summed E-state index contributed by atoms with van der Waals surface area (Å²) in [4.78, 5) is 17.3. The molecule has 0 aromatic rings. The van der Waals surface area contributed by atoms with Crippen molar-refractivity contribution in [3.63, 3.8) is 0 Å². The molecule has 132 valence electrons. The van der Waals surface area contributed by atoms with Crippen LogP contribution in [-0.4, -0.2) is 49.7 Å². The fourth-order valence-corrected chi connectivity index (χ4v) is 0. The number of hydrogen-bond donors (Lipinski definition) is 4. The molecule has 4 N–H and O–H groups in total. The Balaban J connectivity index is -0.0000000533. The summed E-state index contributed by atoms with van der Waals surface area (Å²) < 4.78 is 0. The Morgan fingerprint density at radius 1 is 0.619 bits per heavy atom. The summed E-state index contributed by atoms with van der Waals surface area (Å²) in [5.74, 6) is 0.880. The van der Waals surface area contributed by atoms with Crippen molar-refractivity contribution < 1.29 is 41.5 Å². The maximum Gasteiger partial charge on any atom is 0.179 e. The SMILES string of the molecule is CC(C)CO.CC(C)CO.C[Si](C)(C)O.C[Si](C)(C)O.[Ti]. The molecule has 0 bridgehead atoms.